The first-order valence-electron chi connectivity index (χ1n) is 8.37. The number of Topliss-reactive ketones (excluding diaryl/α,β-unsaturated/α-hetero) is 1. The van der Waals surface area contributed by atoms with Crippen LogP contribution < -0.4 is 10.2 Å². The Morgan fingerprint density at radius 3 is 2.58 bits per heavy atom. The summed E-state index contributed by atoms with van der Waals surface area (Å²) in [5.74, 6) is -0.247. The van der Waals surface area contributed by atoms with Crippen molar-refractivity contribution in [1.82, 2.24) is 4.57 Å². The second-order valence-electron chi connectivity index (χ2n) is 6.72. The quantitative estimate of drug-likeness (QED) is 0.594. The number of nitrogens with zero attached hydrogens (tertiary/aromatic N) is 1. The molecule has 1 aliphatic rings. The van der Waals surface area contributed by atoms with E-state index in [1.54, 1.807) is 38.4 Å². The molecule has 0 saturated heterocycles. The molecule has 2 rings (SSSR count). The minimum absolute atomic E-state index is 0.00893. The molecule has 0 radical (unpaired) electrons. The predicted octanol–water partition coefficient (Wildman–Crippen LogP) is 3.17. The highest BCUT2D eigenvalue weighted by atomic mass is 79.9. The zero-order valence-electron chi connectivity index (χ0n) is 15.7. The van der Waals surface area contributed by atoms with E-state index >= 15 is 0 Å². The number of hydrogen-bond acceptors (Lipinski definition) is 6. The van der Waals surface area contributed by atoms with Crippen molar-refractivity contribution in [3.63, 3.8) is 0 Å². The Bertz CT molecular complexity index is 807. The van der Waals surface area contributed by atoms with Crippen molar-refractivity contribution < 1.29 is 23.4 Å². The van der Waals surface area contributed by atoms with Gasteiger partial charge in [0.1, 0.15) is 5.69 Å². The molecule has 146 valence electrons. The molecular weight excluding hydrogens is 425 g/mol. The lowest BCUT2D eigenvalue weighted by Gasteiger charge is -2.41. The van der Waals surface area contributed by atoms with E-state index in [0.717, 1.165) is 0 Å². The summed E-state index contributed by atoms with van der Waals surface area (Å²) in [7, 11) is 0.112. The monoisotopic (exact) mass is 449 g/mol. The van der Waals surface area contributed by atoms with Crippen LogP contribution in [0.5, 0.6) is 5.75 Å². The van der Waals surface area contributed by atoms with Gasteiger partial charge in [-0.05, 0) is 36.2 Å². The van der Waals surface area contributed by atoms with Crippen LogP contribution in [0.1, 0.15) is 30.8 Å². The molecule has 2 heterocycles. The summed E-state index contributed by atoms with van der Waals surface area (Å²) < 4.78 is 30.7. The van der Waals surface area contributed by atoms with Crippen molar-refractivity contribution in [2.75, 3.05) is 33.7 Å². The van der Waals surface area contributed by atoms with E-state index in [4.69, 9.17) is 14.0 Å². The molecule has 9 heteroatoms. The molecule has 0 N–H and O–H groups in total. The van der Waals surface area contributed by atoms with Crippen molar-refractivity contribution in [2.24, 2.45) is 5.41 Å². The van der Waals surface area contributed by atoms with Gasteiger partial charge in [0, 0.05) is 26.1 Å². The first-order valence-corrected chi connectivity index (χ1v) is 11.4. The summed E-state index contributed by atoms with van der Waals surface area (Å²) in [5.41, 5.74) is -1.09. The lowest BCUT2D eigenvalue weighted by atomic mass is 9.73. The summed E-state index contributed by atoms with van der Waals surface area (Å²) in [4.78, 5) is 25.7. The molecule has 1 aliphatic heterocycles. The number of ether oxygens (including phenoxy) is 2. The van der Waals surface area contributed by atoms with Gasteiger partial charge in [0.05, 0.1) is 36.3 Å². The predicted molar refractivity (Wildman–Crippen MR) is 103 cm³/mol. The maximum atomic E-state index is 13.4. The van der Waals surface area contributed by atoms with Gasteiger partial charge in [-0.15, -0.1) is 0 Å². The van der Waals surface area contributed by atoms with Crippen molar-refractivity contribution in [2.45, 2.75) is 32.9 Å². The van der Waals surface area contributed by atoms with Crippen LogP contribution in [0.3, 0.4) is 0 Å². The average molecular weight is 450 g/mol. The molecule has 0 spiro atoms. The lowest BCUT2D eigenvalue weighted by molar-refractivity contribution is -0.0161. The Morgan fingerprint density at radius 1 is 1.38 bits per heavy atom. The van der Waals surface area contributed by atoms with E-state index < -0.39 is 18.9 Å². The summed E-state index contributed by atoms with van der Waals surface area (Å²) in [6.45, 7) is 5.88. The molecule has 3 unspecified atom stereocenters. The topological polar surface area (TPSA) is 83.8 Å². The number of halogens is 1. The Hall–Kier alpha value is -0.950. The fourth-order valence-electron chi connectivity index (χ4n) is 3.35. The number of ketones is 1. The highest BCUT2D eigenvalue weighted by molar-refractivity contribution is 9.10. The molecule has 0 amide bonds. The van der Waals surface area contributed by atoms with Crippen LogP contribution in [0.25, 0.3) is 0 Å². The van der Waals surface area contributed by atoms with Gasteiger partial charge in [-0.2, -0.15) is 0 Å². The van der Waals surface area contributed by atoms with E-state index in [1.807, 2.05) is 0 Å². The highest BCUT2D eigenvalue weighted by Crippen LogP contribution is 2.48. The van der Waals surface area contributed by atoms with E-state index in [1.165, 1.54) is 7.11 Å². The largest absolute Gasteiger partial charge is 0.491 e. The number of pyridine rings is 1. The van der Waals surface area contributed by atoms with Gasteiger partial charge in [0.25, 0.3) is 0 Å². The minimum Gasteiger partial charge on any atom is -0.491 e. The van der Waals surface area contributed by atoms with E-state index in [2.05, 4.69) is 15.9 Å². The number of aromatic nitrogens is 1. The normalized spacial score (nSPS) is 24.8. The second kappa shape index (κ2) is 7.97. The summed E-state index contributed by atoms with van der Waals surface area (Å²) >= 11 is 3.21. The molecule has 0 fully saturated rings. The van der Waals surface area contributed by atoms with Crippen LogP contribution in [-0.2, 0) is 20.4 Å². The molecule has 3 atom stereocenters. The van der Waals surface area contributed by atoms with E-state index in [-0.39, 0.29) is 28.8 Å². The van der Waals surface area contributed by atoms with Crippen LogP contribution in [0.4, 0.5) is 0 Å². The van der Waals surface area contributed by atoms with Crippen molar-refractivity contribution >= 4 is 29.1 Å². The Balaban J connectivity index is 2.50. The van der Waals surface area contributed by atoms with E-state index in [0.29, 0.717) is 24.0 Å². The number of methoxy groups -OCH3 is 2. The molecule has 1 aromatic rings. The van der Waals surface area contributed by atoms with Gasteiger partial charge in [-0.3, -0.25) is 14.2 Å². The second-order valence-corrected chi connectivity index (χ2v) is 10.3. The smallest absolute Gasteiger partial charge is 0.238 e. The maximum absolute atomic E-state index is 13.4. The van der Waals surface area contributed by atoms with Gasteiger partial charge in [-0.25, -0.2) is 0 Å². The molecule has 0 saturated carbocycles. The lowest BCUT2D eigenvalue weighted by Crippen LogP contribution is -2.50. The number of hydrogen-bond donors (Lipinski definition) is 0. The van der Waals surface area contributed by atoms with Crippen LogP contribution >= 0.6 is 23.3 Å². The number of carbonyl (C=O) groups is 1. The molecular formula is C17H25BrNO6P. The third-order valence-corrected chi connectivity index (χ3v) is 7.33. The zero-order valence-corrected chi connectivity index (χ0v) is 18.2. The highest BCUT2D eigenvalue weighted by Gasteiger charge is 2.48. The maximum Gasteiger partial charge on any atom is 0.238 e. The molecule has 0 bridgehead atoms. The average Bonchev–Trinajstić information content (AvgIpc) is 2.58. The fraction of sp³-hybridized carbons (Fsp3) is 0.647. The van der Waals surface area contributed by atoms with E-state index in [9.17, 15) is 14.2 Å². The van der Waals surface area contributed by atoms with Crippen LogP contribution in [0, 0.1) is 5.41 Å². The SMILES string of the molecule is CCOP(C)(=O)CCC1(C)C(=O)c2c(OC)c(=O)c(Br)cn2CC1OC. The van der Waals surface area contributed by atoms with Crippen molar-refractivity contribution in [1.29, 1.82) is 0 Å². The van der Waals surface area contributed by atoms with Crippen LogP contribution in [0.15, 0.2) is 15.5 Å². The van der Waals surface area contributed by atoms with Gasteiger partial charge >= 0.3 is 0 Å². The van der Waals surface area contributed by atoms with Crippen LogP contribution in [0.2, 0.25) is 0 Å². The summed E-state index contributed by atoms with van der Waals surface area (Å²) in [6, 6.07) is 0. The molecule has 7 nitrogen and oxygen atoms in total. The Kier molecular flexibility index (Phi) is 6.54. The Labute approximate surface area is 161 Å². The van der Waals surface area contributed by atoms with Gasteiger partial charge in [0.2, 0.25) is 5.43 Å². The molecule has 0 aromatic carbocycles. The third-order valence-electron chi connectivity index (χ3n) is 4.93. The summed E-state index contributed by atoms with van der Waals surface area (Å²) in [5, 5.41) is 0. The first kappa shape index (κ1) is 21.4. The molecule has 26 heavy (non-hydrogen) atoms. The number of rotatable bonds is 7. The Morgan fingerprint density at radius 2 is 2.04 bits per heavy atom. The van der Waals surface area contributed by atoms with Gasteiger partial charge in [-0.1, -0.05) is 0 Å². The standard InChI is InChI=1S/C17H25BrNO6P/c1-6-25-26(5,22)8-7-17(2)12(23-3)10-19-9-11(18)14(20)15(24-4)13(19)16(17)21/h9,12H,6-8,10H2,1-5H3. The zero-order chi connectivity index (χ0) is 19.7. The molecule has 0 aliphatic carbocycles. The van der Waals surface area contributed by atoms with Gasteiger partial charge < -0.3 is 18.6 Å². The van der Waals surface area contributed by atoms with Crippen molar-refractivity contribution in [3.05, 3.63) is 26.6 Å². The minimum atomic E-state index is -2.80. The van der Waals surface area contributed by atoms with Crippen LogP contribution in [-0.4, -0.2) is 50.1 Å². The van der Waals surface area contributed by atoms with Gasteiger partial charge in [0.15, 0.2) is 18.9 Å². The molecule has 1 aromatic heterocycles. The van der Waals surface area contributed by atoms with Crippen molar-refractivity contribution in [3.8, 4) is 5.75 Å². The number of fused-ring (bicyclic) bond motifs is 1. The summed E-state index contributed by atoms with van der Waals surface area (Å²) in [6.07, 6.45) is 1.73. The first-order chi connectivity index (χ1) is 12.1. The fourth-order valence-corrected chi connectivity index (χ4v) is 5.33. The number of carbonyl (C=O) groups excluding carboxylic acids is 1. The third kappa shape index (κ3) is 3.84.